The van der Waals surface area contributed by atoms with Crippen molar-refractivity contribution in [2.45, 2.75) is 64.2 Å². The predicted octanol–water partition coefficient (Wildman–Crippen LogP) is 4.37. The fourth-order valence-corrected chi connectivity index (χ4v) is 3.12. The number of thioether (sulfide) groups is 1. The molecular weight excluding hydrogens is 228 g/mol. The summed E-state index contributed by atoms with van der Waals surface area (Å²) in [7, 11) is 0. The van der Waals surface area contributed by atoms with Gasteiger partial charge in [-0.05, 0) is 18.6 Å². The number of aromatic nitrogens is 2. The van der Waals surface area contributed by atoms with E-state index in [1.165, 1.54) is 44.3 Å². The molecule has 1 aromatic heterocycles. The Morgan fingerprint density at radius 3 is 2.71 bits per heavy atom. The first-order valence-corrected chi connectivity index (χ1v) is 7.99. The molecule has 1 rings (SSSR count). The van der Waals surface area contributed by atoms with Gasteiger partial charge in [-0.3, -0.25) is 0 Å². The van der Waals surface area contributed by atoms with Gasteiger partial charge in [0.15, 0.2) is 0 Å². The van der Waals surface area contributed by atoms with Crippen LogP contribution >= 0.6 is 11.8 Å². The lowest BCUT2D eigenvalue weighted by molar-refractivity contribution is 0.569. The highest BCUT2D eigenvalue weighted by atomic mass is 32.2. The molecule has 0 saturated heterocycles. The summed E-state index contributed by atoms with van der Waals surface area (Å²) in [6, 6.07) is 0. The number of imidazole rings is 1. The molecule has 0 aromatic carbocycles. The molecule has 0 fully saturated rings. The second kappa shape index (κ2) is 9.58. The normalized spacial score (nSPS) is 12.8. The van der Waals surface area contributed by atoms with E-state index in [0.717, 1.165) is 11.8 Å². The van der Waals surface area contributed by atoms with E-state index in [1.54, 1.807) is 0 Å². The second-order valence-corrected chi connectivity index (χ2v) is 6.01. The molecule has 2 nitrogen and oxygen atoms in total. The minimum Gasteiger partial charge on any atom is -0.336 e. The summed E-state index contributed by atoms with van der Waals surface area (Å²) >= 11 is 2.13. The SMILES string of the molecule is CCCCCCC(Cn1ccnc1)SCCC. The van der Waals surface area contributed by atoms with Gasteiger partial charge < -0.3 is 4.57 Å². The molecule has 0 aliphatic rings. The van der Waals surface area contributed by atoms with Crippen molar-refractivity contribution in [2.75, 3.05) is 5.75 Å². The molecule has 0 saturated carbocycles. The summed E-state index contributed by atoms with van der Waals surface area (Å²) < 4.78 is 2.22. The smallest absolute Gasteiger partial charge is 0.0946 e. The molecule has 98 valence electrons. The van der Waals surface area contributed by atoms with Crippen LogP contribution in [0.3, 0.4) is 0 Å². The minimum atomic E-state index is 0.765. The van der Waals surface area contributed by atoms with E-state index in [4.69, 9.17) is 0 Å². The summed E-state index contributed by atoms with van der Waals surface area (Å²) in [4.78, 5) is 4.12. The van der Waals surface area contributed by atoms with Gasteiger partial charge in [0.05, 0.1) is 6.33 Å². The summed E-state index contributed by atoms with van der Waals surface area (Å²) in [6.07, 6.45) is 14.0. The molecule has 1 aromatic rings. The van der Waals surface area contributed by atoms with Crippen molar-refractivity contribution in [1.82, 2.24) is 9.55 Å². The molecule has 0 bridgehead atoms. The maximum Gasteiger partial charge on any atom is 0.0946 e. The van der Waals surface area contributed by atoms with Crippen LogP contribution in [0.25, 0.3) is 0 Å². The third-order valence-corrected chi connectivity index (χ3v) is 4.41. The monoisotopic (exact) mass is 254 g/mol. The summed E-state index contributed by atoms with van der Waals surface area (Å²) in [5.74, 6) is 1.28. The lowest BCUT2D eigenvalue weighted by atomic mass is 10.1. The first-order valence-electron chi connectivity index (χ1n) is 6.94. The van der Waals surface area contributed by atoms with Gasteiger partial charge in [-0.2, -0.15) is 11.8 Å². The first kappa shape index (κ1) is 14.6. The average molecular weight is 254 g/mol. The van der Waals surface area contributed by atoms with Crippen LogP contribution in [0.5, 0.6) is 0 Å². The summed E-state index contributed by atoms with van der Waals surface area (Å²) in [5, 5.41) is 0.765. The zero-order valence-corrected chi connectivity index (χ0v) is 12.1. The Bertz CT molecular complexity index is 259. The van der Waals surface area contributed by atoms with Crippen LogP contribution in [0.15, 0.2) is 18.7 Å². The zero-order valence-electron chi connectivity index (χ0n) is 11.3. The van der Waals surface area contributed by atoms with E-state index < -0.39 is 0 Å². The highest BCUT2D eigenvalue weighted by Gasteiger charge is 2.09. The van der Waals surface area contributed by atoms with Crippen LogP contribution in [0.4, 0.5) is 0 Å². The fraction of sp³-hybridized carbons (Fsp3) is 0.786. The third-order valence-electron chi connectivity index (χ3n) is 2.91. The average Bonchev–Trinajstić information content (AvgIpc) is 2.84. The van der Waals surface area contributed by atoms with E-state index in [0.29, 0.717) is 0 Å². The molecule has 17 heavy (non-hydrogen) atoms. The summed E-state index contributed by atoms with van der Waals surface area (Å²) in [5.41, 5.74) is 0. The molecule has 1 unspecified atom stereocenters. The first-order chi connectivity index (χ1) is 8.36. The maximum atomic E-state index is 4.12. The Hall–Kier alpha value is -0.440. The van der Waals surface area contributed by atoms with Crippen LogP contribution in [0.1, 0.15) is 52.4 Å². The van der Waals surface area contributed by atoms with Crippen molar-refractivity contribution in [3.05, 3.63) is 18.7 Å². The molecule has 0 amide bonds. The second-order valence-electron chi connectivity index (χ2n) is 4.60. The van der Waals surface area contributed by atoms with Gasteiger partial charge in [-0.25, -0.2) is 4.98 Å². The number of hydrogen-bond donors (Lipinski definition) is 0. The van der Waals surface area contributed by atoms with E-state index in [-0.39, 0.29) is 0 Å². The fourth-order valence-electron chi connectivity index (χ4n) is 1.94. The Morgan fingerprint density at radius 2 is 2.06 bits per heavy atom. The third kappa shape index (κ3) is 6.77. The number of nitrogens with zero attached hydrogens (tertiary/aromatic N) is 2. The van der Waals surface area contributed by atoms with Crippen molar-refractivity contribution in [1.29, 1.82) is 0 Å². The molecule has 3 heteroatoms. The maximum absolute atomic E-state index is 4.12. The van der Waals surface area contributed by atoms with Gasteiger partial charge in [0.25, 0.3) is 0 Å². The Morgan fingerprint density at radius 1 is 1.18 bits per heavy atom. The van der Waals surface area contributed by atoms with Gasteiger partial charge in [-0.15, -0.1) is 0 Å². The van der Waals surface area contributed by atoms with Crippen molar-refractivity contribution >= 4 is 11.8 Å². The van der Waals surface area contributed by atoms with Crippen molar-refractivity contribution < 1.29 is 0 Å². The van der Waals surface area contributed by atoms with Gasteiger partial charge in [0, 0.05) is 24.2 Å². The Labute approximate surface area is 110 Å². The van der Waals surface area contributed by atoms with Gasteiger partial charge in [0.1, 0.15) is 0 Å². The number of unbranched alkanes of at least 4 members (excludes halogenated alkanes) is 3. The van der Waals surface area contributed by atoms with Crippen LogP contribution in [-0.2, 0) is 6.54 Å². The topological polar surface area (TPSA) is 17.8 Å². The highest BCUT2D eigenvalue weighted by Crippen LogP contribution is 2.21. The van der Waals surface area contributed by atoms with Crippen molar-refractivity contribution in [3.8, 4) is 0 Å². The van der Waals surface area contributed by atoms with Crippen LogP contribution in [-0.4, -0.2) is 20.6 Å². The van der Waals surface area contributed by atoms with Crippen molar-refractivity contribution in [2.24, 2.45) is 0 Å². The molecular formula is C14H26N2S. The number of rotatable bonds is 10. The standard InChI is InChI=1S/C14H26N2S/c1-3-5-6-7-8-14(17-11-4-2)12-16-10-9-15-13-16/h9-10,13-14H,3-8,11-12H2,1-2H3. The van der Waals surface area contributed by atoms with Crippen molar-refractivity contribution in [3.63, 3.8) is 0 Å². The molecule has 0 N–H and O–H groups in total. The Kier molecular flexibility index (Phi) is 8.24. The molecule has 1 heterocycles. The van der Waals surface area contributed by atoms with E-state index in [2.05, 4.69) is 41.4 Å². The van der Waals surface area contributed by atoms with Crippen LogP contribution in [0, 0.1) is 0 Å². The Balaban J connectivity index is 2.26. The van der Waals surface area contributed by atoms with E-state index in [9.17, 15) is 0 Å². The molecule has 0 aliphatic carbocycles. The van der Waals surface area contributed by atoms with E-state index in [1.807, 2.05) is 12.5 Å². The van der Waals surface area contributed by atoms with Gasteiger partial charge >= 0.3 is 0 Å². The predicted molar refractivity (Wildman–Crippen MR) is 77.5 cm³/mol. The van der Waals surface area contributed by atoms with Crippen LogP contribution in [0.2, 0.25) is 0 Å². The quantitative estimate of drug-likeness (QED) is 0.577. The molecule has 0 spiro atoms. The molecule has 1 atom stereocenters. The largest absolute Gasteiger partial charge is 0.336 e. The lowest BCUT2D eigenvalue weighted by Gasteiger charge is -2.16. The molecule has 0 radical (unpaired) electrons. The summed E-state index contributed by atoms with van der Waals surface area (Å²) in [6.45, 7) is 5.66. The van der Waals surface area contributed by atoms with Gasteiger partial charge in [-0.1, -0.05) is 39.5 Å². The van der Waals surface area contributed by atoms with Gasteiger partial charge in [0.2, 0.25) is 0 Å². The van der Waals surface area contributed by atoms with E-state index >= 15 is 0 Å². The molecule has 0 aliphatic heterocycles. The number of hydrogen-bond acceptors (Lipinski definition) is 2. The highest BCUT2D eigenvalue weighted by molar-refractivity contribution is 7.99. The van der Waals surface area contributed by atoms with Crippen LogP contribution < -0.4 is 0 Å². The zero-order chi connectivity index (χ0) is 12.3. The minimum absolute atomic E-state index is 0.765. The lowest BCUT2D eigenvalue weighted by Crippen LogP contribution is -2.12.